The predicted molar refractivity (Wildman–Crippen MR) is 53.1 cm³/mol. The monoisotopic (exact) mass is 182 g/mol. The summed E-state index contributed by atoms with van der Waals surface area (Å²) in [4.78, 5) is 10.7. The zero-order valence-electron chi connectivity index (χ0n) is 8.72. The second-order valence-electron chi connectivity index (χ2n) is 3.16. The van der Waals surface area contributed by atoms with Gasteiger partial charge in [-0.15, -0.1) is 0 Å². The summed E-state index contributed by atoms with van der Waals surface area (Å²) in [7, 11) is 1.35. The van der Waals surface area contributed by atoms with Gasteiger partial charge in [-0.05, 0) is 6.42 Å². The van der Waals surface area contributed by atoms with Crippen LogP contribution in [0.1, 0.15) is 39.5 Å². The van der Waals surface area contributed by atoms with Crippen molar-refractivity contribution in [2.45, 2.75) is 39.5 Å². The van der Waals surface area contributed by atoms with Crippen molar-refractivity contribution in [3.05, 3.63) is 0 Å². The molecule has 0 aliphatic heterocycles. The number of carbonyl (C=O) groups is 1. The lowest BCUT2D eigenvalue weighted by Crippen LogP contribution is -1.97. The van der Waals surface area contributed by atoms with Crippen molar-refractivity contribution in [3.8, 4) is 11.8 Å². The van der Waals surface area contributed by atoms with Crippen molar-refractivity contribution in [1.82, 2.24) is 0 Å². The number of rotatable bonds is 4. The Balaban J connectivity index is 3.63. The van der Waals surface area contributed by atoms with E-state index in [0.717, 1.165) is 6.42 Å². The van der Waals surface area contributed by atoms with Gasteiger partial charge in [0.15, 0.2) is 0 Å². The number of hydrogen-bond acceptors (Lipinski definition) is 2. The number of ether oxygens (including phenoxy) is 1. The van der Waals surface area contributed by atoms with E-state index in [4.69, 9.17) is 0 Å². The van der Waals surface area contributed by atoms with Crippen LogP contribution < -0.4 is 0 Å². The molecule has 0 bridgehead atoms. The van der Waals surface area contributed by atoms with E-state index in [9.17, 15) is 4.79 Å². The maximum absolute atomic E-state index is 10.7. The number of esters is 1. The first kappa shape index (κ1) is 12.0. The normalized spacial score (nSPS) is 11.3. The number of hydrogen-bond donors (Lipinski definition) is 0. The summed E-state index contributed by atoms with van der Waals surface area (Å²) < 4.78 is 4.41. The van der Waals surface area contributed by atoms with Crippen LogP contribution in [0, 0.1) is 17.8 Å². The fourth-order valence-electron chi connectivity index (χ4n) is 1.01. The lowest BCUT2D eigenvalue weighted by atomic mass is 10.0. The molecule has 0 N–H and O–H groups in total. The molecule has 0 aliphatic rings. The Morgan fingerprint density at radius 3 is 2.69 bits per heavy atom. The third kappa shape index (κ3) is 7.39. The minimum absolute atomic E-state index is 0.297. The molecule has 0 saturated carbocycles. The molecule has 0 radical (unpaired) electrons. The molecule has 0 aromatic rings. The smallest absolute Gasteiger partial charge is 0.384 e. The minimum atomic E-state index is -0.442. The first-order chi connectivity index (χ1) is 6.20. The Morgan fingerprint density at radius 2 is 2.15 bits per heavy atom. The number of methoxy groups -OCH3 is 1. The van der Waals surface area contributed by atoms with Crippen LogP contribution in [0.2, 0.25) is 0 Å². The summed E-state index contributed by atoms with van der Waals surface area (Å²) in [5.41, 5.74) is 0. The highest BCUT2D eigenvalue weighted by atomic mass is 16.5. The third-order valence-electron chi connectivity index (χ3n) is 1.85. The molecular weight excluding hydrogens is 164 g/mol. The van der Waals surface area contributed by atoms with Crippen molar-refractivity contribution in [2.24, 2.45) is 5.92 Å². The zero-order valence-corrected chi connectivity index (χ0v) is 8.72. The molecule has 0 fully saturated rings. The summed E-state index contributed by atoms with van der Waals surface area (Å²) >= 11 is 0. The molecule has 0 amide bonds. The zero-order chi connectivity index (χ0) is 10.1. The Morgan fingerprint density at radius 1 is 1.46 bits per heavy atom. The molecule has 0 rings (SSSR count). The van der Waals surface area contributed by atoms with Crippen molar-refractivity contribution < 1.29 is 9.53 Å². The fraction of sp³-hybridized carbons (Fsp3) is 0.727. The van der Waals surface area contributed by atoms with Gasteiger partial charge >= 0.3 is 5.97 Å². The van der Waals surface area contributed by atoms with Gasteiger partial charge in [-0.25, -0.2) is 4.79 Å². The quantitative estimate of drug-likeness (QED) is 0.289. The van der Waals surface area contributed by atoms with Gasteiger partial charge in [0, 0.05) is 11.8 Å². The molecule has 0 spiro atoms. The van der Waals surface area contributed by atoms with E-state index in [-0.39, 0.29) is 0 Å². The summed E-state index contributed by atoms with van der Waals surface area (Å²) in [5.74, 6) is 5.17. The molecule has 0 aliphatic carbocycles. The average Bonchev–Trinajstić information content (AvgIpc) is 2.14. The molecule has 2 nitrogen and oxygen atoms in total. The topological polar surface area (TPSA) is 26.3 Å². The summed E-state index contributed by atoms with van der Waals surface area (Å²) in [6.45, 7) is 4.20. The maximum atomic E-state index is 10.7. The third-order valence-corrected chi connectivity index (χ3v) is 1.85. The van der Waals surface area contributed by atoms with E-state index in [1.807, 2.05) is 6.92 Å². The van der Waals surface area contributed by atoms with E-state index >= 15 is 0 Å². The molecule has 13 heavy (non-hydrogen) atoms. The van der Waals surface area contributed by atoms with Gasteiger partial charge in [0.25, 0.3) is 0 Å². The molecule has 0 aromatic heterocycles. The van der Waals surface area contributed by atoms with Gasteiger partial charge in [0.05, 0.1) is 7.11 Å². The minimum Gasteiger partial charge on any atom is -0.459 e. The summed E-state index contributed by atoms with van der Waals surface area (Å²) in [5, 5.41) is 0. The first-order valence-electron chi connectivity index (χ1n) is 4.80. The summed E-state index contributed by atoms with van der Waals surface area (Å²) in [6, 6.07) is 0. The molecule has 1 unspecified atom stereocenters. The molecule has 74 valence electrons. The van der Waals surface area contributed by atoms with Crippen LogP contribution in [-0.2, 0) is 9.53 Å². The van der Waals surface area contributed by atoms with Crippen LogP contribution in [-0.4, -0.2) is 13.1 Å². The van der Waals surface area contributed by atoms with Gasteiger partial charge in [-0.1, -0.05) is 39.0 Å². The van der Waals surface area contributed by atoms with Gasteiger partial charge < -0.3 is 4.74 Å². The average molecular weight is 182 g/mol. The van der Waals surface area contributed by atoms with Crippen LogP contribution >= 0.6 is 0 Å². The standard InChI is InChI=1S/C11H18O2/c1-4-5-6-7-10(2)8-9-11(12)13-3/h10H,4-7H2,1-3H3. The highest BCUT2D eigenvalue weighted by Crippen LogP contribution is 2.07. The van der Waals surface area contributed by atoms with Crippen LogP contribution in [0.15, 0.2) is 0 Å². The number of carbonyl (C=O) groups excluding carboxylic acids is 1. The van der Waals surface area contributed by atoms with Crippen LogP contribution in [0.4, 0.5) is 0 Å². The first-order valence-corrected chi connectivity index (χ1v) is 4.80. The molecule has 2 heteroatoms. The van der Waals surface area contributed by atoms with Crippen molar-refractivity contribution >= 4 is 5.97 Å². The molecule has 0 saturated heterocycles. The van der Waals surface area contributed by atoms with E-state index in [1.54, 1.807) is 0 Å². The van der Waals surface area contributed by atoms with Gasteiger partial charge in [0.2, 0.25) is 0 Å². The van der Waals surface area contributed by atoms with E-state index < -0.39 is 5.97 Å². The van der Waals surface area contributed by atoms with Crippen LogP contribution in [0.3, 0.4) is 0 Å². The Kier molecular flexibility index (Phi) is 7.10. The Hall–Kier alpha value is -0.970. The summed E-state index contributed by atoms with van der Waals surface area (Å²) in [6.07, 6.45) is 4.72. The van der Waals surface area contributed by atoms with Crippen molar-refractivity contribution in [3.63, 3.8) is 0 Å². The van der Waals surface area contributed by atoms with Crippen molar-refractivity contribution in [1.29, 1.82) is 0 Å². The van der Waals surface area contributed by atoms with Crippen LogP contribution in [0.5, 0.6) is 0 Å². The second kappa shape index (κ2) is 7.67. The SMILES string of the molecule is CCCCCC(C)C#CC(=O)OC. The molecule has 1 atom stereocenters. The van der Waals surface area contributed by atoms with Gasteiger partial charge in [-0.2, -0.15) is 0 Å². The number of unbranched alkanes of at least 4 members (excludes halogenated alkanes) is 2. The Bertz CT molecular complexity index is 198. The lowest BCUT2D eigenvalue weighted by molar-refractivity contribution is -0.133. The van der Waals surface area contributed by atoms with Crippen molar-refractivity contribution in [2.75, 3.05) is 7.11 Å². The van der Waals surface area contributed by atoms with Gasteiger partial charge in [0.1, 0.15) is 0 Å². The second-order valence-corrected chi connectivity index (χ2v) is 3.16. The highest BCUT2D eigenvalue weighted by Gasteiger charge is 1.97. The maximum Gasteiger partial charge on any atom is 0.384 e. The fourth-order valence-corrected chi connectivity index (χ4v) is 1.01. The van der Waals surface area contributed by atoms with Gasteiger partial charge in [-0.3, -0.25) is 0 Å². The predicted octanol–water partition coefficient (Wildman–Crippen LogP) is 2.38. The highest BCUT2D eigenvalue weighted by molar-refractivity contribution is 5.88. The van der Waals surface area contributed by atoms with E-state index in [2.05, 4.69) is 23.5 Å². The van der Waals surface area contributed by atoms with E-state index in [1.165, 1.54) is 26.4 Å². The van der Waals surface area contributed by atoms with E-state index in [0.29, 0.717) is 5.92 Å². The molecular formula is C11H18O2. The molecule has 0 aromatic carbocycles. The van der Waals surface area contributed by atoms with Crippen LogP contribution in [0.25, 0.3) is 0 Å². The molecule has 0 heterocycles. The Labute approximate surface area is 80.7 Å². The lowest BCUT2D eigenvalue weighted by Gasteiger charge is -2.01. The largest absolute Gasteiger partial charge is 0.459 e.